The molecule has 0 N–H and O–H groups in total. The van der Waals surface area contributed by atoms with Gasteiger partial charge in [0.2, 0.25) is 0 Å². The Kier molecular flexibility index (Phi) is 3.41. The van der Waals surface area contributed by atoms with Gasteiger partial charge in [0.25, 0.3) is 0 Å². The number of nitrogens with zero attached hydrogens (tertiary/aromatic N) is 2. The molecule has 0 radical (unpaired) electrons. The summed E-state index contributed by atoms with van der Waals surface area (Å²) >= 11 is 0. The zero-order chi connectivity index (χ0) is 17.0. The second-order valence-electron chi connectivity index (χ2n) is 8.55. The molecular weight excluding hydrogens is 308 g/mol. The van der Waals surface area contributed by atoms with E-state index in [1.54, 1.807) is 6.08 Å². The molecule has 0 spiro atoms. The van der Waals surface area contributed by atoms with E-state index in [0.717, 1.165) is 18.3 Å². The van der Waals surface area contributed by atoms with Crippen molar-refractivity contribution in [3.05, 3.63) is 48.4 Å². The van der Waals surface area contributed by atoms with Crippen LogP contribution in [0.4, 0.5) is 0 Å². The molecule has 25 heavy (non-hydrogen) atoms. The number of hydrogen-bond donors (Lipinski definition) is 0. The molecule has 5 rings (SSSR count). The van der Waals surface area contributed by atoms with Crippen molar-refractivity contribution in [3.63, 3.8) is 0 Å². The molecule has 2 aliphatic heterocycles. The van der Waals surface area contributed by atoms with Crippen LogP contribution in [-0.4, -0.2) is 27.8 Å². The minimum atomic E-state index is 0.284. The fraction of sp³-hybridized carbons (Fsp3) is 0.545. The van der Waals surface area contributed by atoms with E-state index in [-0.39, 0.29) is 5.41 Å². The summed E-state index contributed by atoms with van der Waals surface area (Å²) in [4.78, 5) is 18.7. The number of rotatable bonds is 1. The summed E-state index contributed by atoms with van der Waals surface area (Å²) in [6.45, 7) is 2.49. The van der Waals surface area contributed by atoms with E-state index < -0.39 is 0 Å². The van der Waals surface area contributed by atoms with Gasteiger partial charge in [-0.2, -0.15) is 0 Å². The molecule has 2 fully saturated rings. The first-order chi connectivity index (χ1) is 12.2. The Bertz CT molecular complexity index is 753. The van der Waals surface area contributed by atoms with Crippen LogP contribution >= 0.6 is 0 Å². The molecule has 3 nitrogen and oxygen atoms in total. The highest BCUT2D eigenvalue weighted by atomic mass is 16.1. The van der Waals surface area contributed by atoms with Crippen LogP contribution in [-0.2, 0) is 4.79 Å². The van der Waals surface area contributed by atoms with Gasteiger partial charge in [0.05, 0.1) is 0 Å². The zero-order valence-corrected chi connectivity index (χ0v) is 14.9. The molecular formula is C22H26N2O. The minimum absolute atomic E-state index is 0.284. The molecule has 0 bridgehead atoms. The first-order valence-corrected chi connectivity index (χ1v) is 9.76. The number of ketones is 1. The van der Waals surface area contributed by atoms with Gasteiger partial charge in [-0.3, -0.25) is 9.78 Å². The van der Waals surface area contributed by atoms with Crippen molar-refractivity contribution in [2.45, 2.75) is 57.5 Å². The van der Waals surface area contributed by atoms with Crippen LogP contribution in [0.3, 0.4) is 0 Å². The van der Waals surface area contributed by atoms with E-state index in [0.29, 0.717) is 17.9 Å². The van der Waals surface area contributed by atoms with E-state index in [1.807, 2.05) is 12.4 Å². The Balaban J connectivity index is 1.44. The average Bonchev–Trinajstić information content (AvgIpc) is 2.99. The SMILES string of the molecule is C[C@]12CC[C@H]3[C@@H](CC[C@@H]4CC(=O)C=CN43)[C@@H]1CC=C2c1cccnc1. The van der Waals surface area contributed by atoms with Crippen molar-refractivity contribution in [2.75, 3.05) is 0 Å². The van der Waals surface area contributed by atoms with Crippen molar-refractivity contribution < 1.29 is 4.79 Å². The maximum Gasteiger partial charge on any atom is 0.159 e. The number of allylic oxidation sites excluding steroid dienone is 3. The number of carbonyl (C=O) groups is 1. The number of aromatic nitrogens is 1. The first-order valence-electron chi connectivity index (χ1n) is 9.76. The van der Waals surface area contributed by atoms with E-state index in [4.69, 9.17) is 0 Å². The predicted molar refractivity (Wildman–Crippen MR) is 98.6 cm³/mol. The summed E-state index contributed by atoms with van der Waals surface area (Å²) in [6.07, 6.45) is 17.2. The van der Waals surface area contributed by atoms with Crippen molar-refractivity contribution in [3.8, 4) is 0 Å². The van der Waals surface area contributed by atoms with Crippen LogP contribution in [0.15, 0.2) is 42.9 Å². The van der Waals surface area contributed by atoms with Crippen LogP contribution in [0.2, 0.25) is 0 Å². The Morgan fingerprint density at radius 2 is 2.20 bits per heavy atom. The zero-order valence-electron chi connectivity index (χ0n) is 14.9. The van der Waals surface area contributed by atoms with Gasteiger partial charge < -0.3 is 4.90 Å². The van der Waals surface area contributed by atoms with Crippen LogP contribution in [0.25, 0.3) is 5.57 Å². The topological polar surface area (TPSA) is 33.2 Å². The number of piperidine rings is 1. The second-order valence-corrected chi connectivity index (χ2v) is 8.55. The molecule has 1 aromatic heterocycles. The lowest BCUT2D eigenvalue weighted by Crippen LogP contribution is -2.56. The van der Waals surface area contributed by atoms with Crippen molar-refractivity contribution in [2.24, 2.45) is 17.3 Å². The Morgan fingerprint density at radius 3 is 3.04 bits per heavy atom. The van der Waals surface area contributed by atoms with E-state index >= 15 is 0 Å². The molecule has 3 heterocycles. The van der Waals surface area contributed by atoms with Gasteiger partial charge in [0.15, 0.2) is 5.78 Å². The molecule has 3 heteroatoms. The molecule has 0 aromatic carbocycles. The number of hydrogen-bond acceptors (Lipinski definition) is 3. The quantitative estimate of drug-likeness (QED) is 0.771. The monoisotopic (exact) mass is 334 g/mol. The number of carbonyl (C=O) groups excluding carboxylic acids is 1. The van der Waals surface area contributed by atoms with Crippen molar-refractivity contribution in [1.29, 1.82) is 0 Å². The lowest BCUT2D eigenvalue weighted by Gasteiger charge is -2.56. The van der Waals surface area contributed by atoms with Crippen molar-refractivity contribution in [1.82, 2.24) is 9.88 Å². The minimum Gasteiger partial charge on any atom is -0.371 e. The second kappa shape index (κ2) is 5.55. The standard InChI is InChI=1S/C22H26N2O/c1-22-10-8-21-18(5-4-16-13-17(25)9-12-24(16)21)20(22)7-6-19(22)15-3-2-11-23-14-15/h2-3,6,9,11-12,14,16,18,20-21H,4-5,7-8,10,13H2,1H3/t16-,18+,20+,21+,22-/m1/s1. The lowest BCUT2D eigenvalue weighted by molar-refractivity contribution is -0.118. The van der Waals surface area contributed by atoms with Gasteiger partial charge in [-0.1, -0.05) is 19.1 Å². The van der Waals surface area contributed by atoms with Crippen LogP contribution in [0.1, 0.15) is 51.0 Å². The van der Waals surface area contributed by atoms with Gasteiger partial charge in [-0.05, 0) is 72.6 Å². The number of fused-ring (bicyclic) bond motifs is 5. The first kappa shape index (κ1) is 15.4. The third kappa shape index (κ3) is 2.24. The van der Waals surface area contributed by atoms with Gasteiger partial charge in [0.1, 0.15) is 0 Å². The largest absolute Gasteiger partial charge is 0.371 e. The maximum atomic E-state index is 11.8. The maximum absolute atomic E-state index is 11.8. The molecule has 0 amide bonds. The van der Waals surface area contributed by atoms with Crippen LogP contribution in [0, 0.1) is 17.3 Å². The molecule has 1 saturated carbocycles. The predicted octanol–water partition coefficient (Wildman–Crippen LogP) is 4.22. The molecule has 130 valence electrons. The van der Waals surface area contributed by atoms with Gasteiger partial charge in [0, 0.05) is 37.1 Å². The average molecular weight is 334 g/mol. The Morgan fingerprint density at radius 1 is 1.28 bits per heavy atom. The smallest absolute Gasteiger partial charge is 0.159 e. The summed E-state index contributed by atoms with van der Waals surface area (Å²) in [5.41, 5.74) is 3.12. The Hall–Kier alpha value is -1.90. The Labute approximate surface area is 149 Å². The summed E-state index contributed by atoms with van der Waals surface area (Å²) in [5.74, 6) is 1.79. The van der Waals surface area contributed by atoms with E-state index in [2.05, 4.69) is 41.2 Å². The van der Waals surface area contributed by atoms with Gasteiger partial charge >= 0.3 is 0 Å². The van der Waals surface area contributed by atoms with Gasteiger partial charge in [-0.15, -0.1) is 0 Å². The molecule has 5 atom stereocenters. The normalized spacial score (nSPS) is 39.5. The lowest BCUT2D eigenvalue weighted by atomic mass is 9.57. The van der Waals surface area contributed by atoms with E-state index in [9.17, 15) is 4.79 Å². The van der Waals surface area contributed by atoms with Crippen LogP contribution in [0.5, 0.6) is 0 Å². The third-order valence-electron chi connectivity index (χ3n) is 7.46. The third-order valence-corrected chi connectivity index (χ3v) is 7.46. The summed E-state index contributed by atoms with van der Waals surface area (Å²) in [5, 5.41) is 0. The molecule has 2 aliphatic carbocycles. The van der Waals surface area contributed by atoms with Crippen molar-refractivity contribution >= 4 is 11.4 Å². The van der Waals surface area contributed by atoms with Crippen LogP contribution < -0.4 is 0 Å². The highest BCUT2D eigenvalue weighted by Gasteiger charge is 2.53. The molecule has 1 saturated heterocycles. The molecule has 4 aliphatic rings. The molecule has 1 aromatic rings. The number of pyridine rings is 1. The summed E-state index contributed by atoms with van der Waals surface area (Å²) in [7, 11) is 0. The summed E-state index contributed by atoms with van der Waals surface area (Å²) in [6, 6.07) is 5.35. The highest BCUT2D eigenvalue weighted by Crippen LogP contribution is 2.60. The highest BCUT2D eigenvalue weighted by molar-refractivity contribution is 5.90. The van der Waals surface area contributed by atoms with Gasteiger partial charge in [-0.25, -0.2) is 0 Å². The summed E-state index contributed by atoms with van der Waals surface area (Å²) < 4.78 is 0. The molecule has 0 unspecified atom stereocenters. The fourth-order valence-corrected chi connectivity index (χ4v) is 6.28. The fourth-order valence-electron chi connectivity index (χ4n) is 6.28. The van der Waals surface area contributed by atoms with E-state index in [1.165, 1.54) is 43.2 Å².